The third kappa shape index (κ3) is 4.95. The summed E-state index contributed by atoms with van der Waals surface area (Å²) in [6.07, 6.45) is 2.82. The molecule has 30 heavy (non-hydrogen) atoms. The summed E-state index contributed by atoms with van der Waals surface area (Å²) in [5.41, 5.74) is 0.953. The first-order valence-electron chi connectivity index (χ1n) is 9.81. The lowest BCUT2D eigenvalue weighted by Crippen LogP contribution is -2.53. The second-order valence-electron chi connectivity index (χ2n) is 7.03. The van der Waals surface area contributed by atoms with Crippen LogP contribution in [0.4, 0.5) is 4.79 Å². The van der Waals surface area contributed by atoms with Crippen molar-refractivity contribution in [3.8, 4) is 0 Å². The van der Waals surface area contributed by atoms with Crippen molar-refractivity contribution in [2.45, 2.75) is 37.5 Å². The lowest BCUT2D eigenvalue weighted by molar-refractivity contribution is -0.153. The van der Waals surface area contributed by atoms with E-state index in [0.717, 1.165) is 10.5 Å². The van der Waals surface area contributed by atoms with E-state index in [1.165, 1.54) is 19.3 Å². The number of allylic oxidation sites excluding steroid dienone is 2. The van der Waals surface area contributed by atoms with Gasteiger partial charge in [-0.25, -0.2) is 9.69 Å². The summed E-state index contributed by atoms with van der Waals surface area (Å²) in [5, 5.41) is 8.91. The molecule has 1 fully saturated rings. The highest BCUT2D eigenvalue weighted by Gasteiger charge is 2.46. The van der Waals surface area contributed by atoms with E-state index in [0.29, 0.717) is 25.0 Å². The van der Waals surface area contributed by atoms with E-state index in [9.17, 15) is 14.4 Å². The number of carbonyl (C=O) groups is 3. The summed E-state index contributed by atoms with van der Waals surface area (Å²) in [7, 11) is 1.29. The quantitative estimate of drug-likeness (QED) is 0.646. The Morgan fingerprint density at radius 2 is 2.07 bits per heavy atom. The number of hydrogen-bond acceptors (Lipinski definition) is 7. The number of aliphatic hydroxyl groups excluding tert-OH is 1. The van der Waals surface area contributed by atoms with Gasteiger partial charge in [0.15, 0.2) is 18.0 Å². The first-order valence-corrected chi connectivity index (χ1v) is 9.81. The van der Waals surface area contributed by atoms with Gasteiger partial charge in [0, 0.05) is 13.7 Å². The molecule has 0 saturated carbocycles. The monoisotopic (exact) mass is 415 g/mol. The molecule has 3 atom stereocenters. The maximum atomic E-state index is 13.2. The Kier molecular flexibility index (Phi) is 7.37. The second-order valence-corrected chi connectivity index (χ2v) is 7.03. The maximum absolute atomic E-state index is 13.2. The van der Waals surface area contributed by atoms with Crippen LogP contribution in [0.5, 0.6) is 0 Å². The van der Waals surface area contributed by atoms with Crippen molar-refractivity contribution in [3.63, 3.8) is 0 Å². The van der Waals surface area contributed by atoms with Gasteiger partial charge in [0.1, 0.15) is 12.4 Å². The number of hydrogen-bond donors (Lipinski definition) is 1. The van der Waals surface area contributed by atoms with Gasteiger partial charge in [-0.2, -0.15) is 0 Å². The molecule has 0 bridgehead atoms. The lowest BCUT2D eigenvalue weighted by Gasteiger charge is -2.30. The minimum absolute atomic E-state index is 0.0366. The van der Waals surface area contributed by atoms with Gasteiger partial charge in [-0.05, 0) is 43.1 Å². The molecule has 1 aromatic carbocycles. The molecule has 0 aliphatic carbocycles. The van der Waals surface area contributed by atoms with Crippen LogP contribution < -0.4 is 0 Å². The number of ketones is 1. The molecule has 8 heteroatoms. The van der Waals surface area contributed by atoms with Crippen molar-refractivity contribution in [1.82, 2.24) is 4.90 Å². The van der Waals surface area contributed by atoms with E-state index >= 15 is 0 Å². The van der Waals surface area contributed by atoms with Gasteiger partial charge in [0.05, 0.1) is 6.04 Å². The SMILES string of the molecule is CO[C@H](C(=O)N1C(=O)OC[C@@H]1Cc1ccccc1)[C@@H]1OC(=CCCCO)C=CC1=O. The van der Waals surface area contributed by atoms with Crippen LogP contribution in [0.2, 0.25) is 0 Å². The normalized spacial score (nSPS) is 23.4. The molecule has 2 heterocycles. The van der Waals surface area contributed by atoms with Crippen LogP contribution in [-0.4, -0.2) is 66.4 Å². The number of rotatable bonds is 8. The highest BCUT2D eigenvalue weighted by molar-refractivity contribution is 6.03. The fraction of sp³-hybridized carbons (Fsp3) is 0.409. The zero-order valence-corrected chi connectivity index (χ0v) is 16.7. The van der Waals surface area contributed by atoms with Crippen molar-refractivity contribution in [2.24, 2.45) is 0 Å². The van der Waals surface area contributed by atoms with E-state index in [2.05, 4.69) is 0 Å². The summed E-state index contributed by atoms with van der Waals surface area (Å²) in [4.78, 5) is 38.9. The van der Waals surface area contributed by atoms with Crippen molar-refractivity contribution in [3.05, 3.63) is 59.9 Å². The second kappa shape index (κ2) is 10.2. The molecule has 1 N–H and O–H groups in total. The Morgan fingerprint density at radius 3 is 2.77 bits per heavy atom. The van der Waals surface area contributed by atoms with Crippen molar-refractivity contribution in [2.75, 3.05) is 20.3 Å². The number of unbranched alkanes of at least 4 members (excludes halogenated alkanes) is 1. The van der Waals surface area contributed by atoms with E-state index in [1.54, 1.807) is 6.08 Å². The fourth-order valence-corrected chi connectivity index (χ4v) is 3.42. The maximum Gasteiger partial charge on any atom is 0.417 e. The molecular formula is C22H25NO7. The molecule has 8 nitrogen and oxygen atoms in total. The van der Waals surface area contributed by atoms with Gasteiger partial charge in [0.25, 0.3) is 5.91 Å². The Morgan fingerprint density at radius 1 is 1.30 bits per heavy atom. The third-order valence-electron chi connectivity index (χ3n) is 4.95. The Balaban J connectivity index is 1.76. The van der Waals surface area contributed by atoms with Gasteiger partial charge in [0.2, 0.25) is 0 Å². The van der Waals surface area contributed by atoms with Gasteiger partial charge < -0.3 is 19.3 Å². The van der Waals surface area contributed by atoms with Crippen LogP contribution >= 0.6 is 0 Å². The molecule has 0 radical (unpaired) electrons. The molecular weight excluding hydrogens is 390 g/mol. The van der Waals surface area contributed by atoms with Crippen LogP contribution in [0.25, 0.3) is 0 Å². The van der Waals surface area contributed by atoms with E-state index in [1.807, 2.05) is 30.3 Å². The predicted octanol–water partition coefficient (Wildman–Crippen LogP) is 1.77. The fourth-order valence-electron chi connectivity index (χ4n) is 3.42. The summed E-state index contributed by atoms with van der Waals surface area (Å²) in [6, 6.07) is 8.95. The van der Waals surface area contributed by atoms with Crippen molar-refractivity contribution in [1.29, 1.82) is 0 Å². The summed E-state index contributed by atoms with van der Waals surface area (Å²) >= 11 is 0. The summed E-state index contributed by atoms with van der Waals surface area (Å²) in [6.45, 7) is 0.108. The van der Waals surface area contributed by atoms with Crippen LogP contribution in [-0.2, 0) is 30.2 Å². The highest BCUT2D eigenvalue weighted by Crippen LogP contribution is 2.24. The molecule has 1 saturated heterocycles. The molecule has 0 unspecified atom stereocenters. The van der Waals surface area contributed by atoms with Crippen LogP contribution in [0.15, 0.2) is 54.3 Å². The lowest BCUT2D eigenvalue weighted by atomic mass is 10.0. The molecule has 160 valence electrons. The first kappa shape index (κ1) is 21.7. The average Bonchev–Trinajstić information content (AvgIpc) is 3.11. The number of aliphatic hydroxyl groups is 1. The average molecular weight is 415 g/mol. The zero-order valence-electron chi connectivity index (χ0n) is 16.7. The van der Waals surface area contributed by atoms with E-state index in [4.69, 9.17) is 19.3 Å². The minimum atomic E-state index is -1.30. The standard InChI is InChI=1S/C22H25NO7/c1-28-20(19-18(25)11-10-17(30-19)9-5-6-12-24)21(26)23-16(14-29-22(23)27)13-15-7-3-2-4-8-15/h2-4,7-11,16,19-20,24H,5-6,12-14H2,1H3/t16-,19+,20-/m0/s1. The number of amides is 2. The Labute approximate surface area is 174 Å². The number of carbonyl (C=O) groups excluding carboxylic acids is 3. The predicted molar refractivity (Wildman–Crippen MR) is 106 cm³/mol. The van der Waals surface area contributed by atoms with Crippen LogP contribution in [0.3, 0.4) is 0 Å². The highest BCUT2D eigenvalue weighted by atomic mass is 16.6. The topological polar surface area (TPSA) is 102 Å². The number of nitrogens with zero attached hydrogens (tertiary/aromatic N) is 1. The number of imide groups is 1. The number of benzene rings is 1. The molecule has 3 rings (SSSR count). The molecule has 2 amide bonds. The molecule has 2 aliphatic rings. The Hall–Kier alpha value is -2.97. The van der Waals surface area contributed by atoms with Crippen LogP contribution in [0.1, 0.15) is 18.4 Å². The van der Waals surface area contributed by atoms with E-state index < -0.39 is 36.0 Å². The van der Waals surface area contributed by atoms with Crippen LogP contribution in [0, 0.1) is 0 Å². The van der Waals surface area contributed by atoms with Gasteiger partial charge >= 0.3 is 6.09 Å². The number of cyclic esters (lactones) is 1. The Bertz CT molecular complexity index is 833. The summed E-state index contributed by atoms with van der Waals surface area (Å²) in [5.74, 6) is -0.696. The molecule has 0 aromatic heterocycles. The van der Waals surface area contributed by atoms with E-state index in [-0.39, 0.29) is 13.2 Å². The molecule has 2 aliphatic heterocycles. The summed E-state index contributed by atoms with van der Waals surface area (Å²) < 4.78 is 16.1. The number of ether oxygens (including phenoxy) is 3. The first-order chi connectivity index (χ1) is 14.5. The number of methoxy groups -OCH3 is 1. The van der Waals surface area contributed by atoms with Gasteiger partial charge in [-0.3, -0.25) is 9.59 Å². The third-order valence-corrected chi connectivity index (χ3v) is 4.95. The molecule has 0 spiro atoms. The van der Waals surface area contributed by atoms with Crippen molar-refractivity contribution < 1.29 is 33.7 Å². The largest absolute Gasteiger partial charge is 0.479 e. The van der Waals surface area contributed by atoms with Gasteiger partial charge in [-0.1, -0.05) is 30.3 Å². The zero-order chi connectivity index (χ0) is 21.5. The van der Waals surface area contributed by atoms with Crippen molar-refractivity contribution >= 4 is 17.8 Å². The smallest absolute Gasteiger partial charge is 0.417 e. The van der Waals surface area contributed by atoms with Gasteiger partial charge in [-0.15, -0.1) is 0 Å². The molecule has 1 aromatic rings. The minimum Gasteiger partial charge on any atom is -0.479 e.